The molecule has 3 aromatic rings. The quantitative estimate of drug-likeness (QED) is 0.645. The number of furan rings is 1. The average molecular weight is 365 g/mol. The van der Waals surface area contributed by atoms with Gasteiger partial charge in [-0.25, -0.2) is 0 Å². The summed E-state index contributed by atoms with van der Waals surface area (Å²) < 4.78 is 10.8. The Labute approximate surface area is 159 Å². The molecule has 1 aromatic heterocycles. The Hall–Kier alpha value is -3.05. The topological polar surface area (TPSA) is 68.1 Å². The normalized spacial score (nSPS) is 13.0. The first-order valence-corrected chi connectivity index (χ1v) is 9.01. The van der Waals surface area contributed by atoms with Crippen molar-refractivity contribution in [3.63, 3.8) is 0 Å². The molecule has 5 nitrogen and oxygen atoms in total. The lowest BCUT2D eigenvalue weighted by atomic mass is 10.0. The van der Waals surface area contributed by atoms with Crippen molar-refractivity contribution in [1.82, 2.24) is 5.32 Å². The van der Waals surface area contributed by atoms with Gasteiger partial charge in [0, 0.05) is 12.1 Å². The van der Waals surface area contributed by atoms with Crippen molar-refractivity contribution >= 4 is 5.91 Å². The van der Waals surface area contributed by atoms with E-state index in [1.807, 2.05) is 79.0 Å². The molecule has 0 spiro atoms. The molecule has 0 aliphatic heterocycles. The maximum atomic E-state index is 12.6. The Morgan fingerprint density at radius 1 is 1.07 bits per heavy atom. The summed E-state index contributed by atoms with van der Waals surface area (Å²) in [5, 5.41) is 5.02. The number of carbonyl (C=O) groups is 1. The first-order valence-electron chi connectivity index (χ1n) is 9.01. The van der Waals surface area contributed by atoms with E-state index in [1.165, 1.54) is 0 Å². The summed E-state index contributed by atoms with van der Waals surface area (Å²) in [6.45, 7) is 2.39. The number of rotatable bonds is 8. The van der Waals surface area contributed by atoms with Crippen LogP contribution in [0.5, 0.6) is 5.75 Å². The zero-order valence-corrected chi connectivity index (χ0v) is 15.6. The largest absolute Gasteiger partial charge is 0.497 e. The van der Waals surface area contributed by atoms with E-state index in [9.17, 15) is 4.79 Å². The maximum Gasteiger partial charge on any atom is 0.278 e. The van der Waals surface area contributed by atoms with Crippen molar-refractivity contribution in [3.8, 4) is 5.75 Å². The number of hydrogen-bond acceptors (Lipinski definition) is 3. The molecule has 0 fully saturated rings. The van der Waals surface area contributed by atoms with Crippen LogP contribution >= 0.6 is 0 Å². The third kappa shape index (κ3) is 4.99. The van der Waals surface area contributed by atoms with Crippen molar-refractivity contribution in [2.75, 3.05) is 7.11 Å². The second-order valence-corrected chi connectivity index (χ2v) is 6.45. The summed E-state index contributed by atoms with van der Waals surface area (Å²) in [7, 11) is 1.64. The highest BCUT2D eigenvalue weighted by Gasteiger charge is 2.26. The lowest BCUT2D eigenvalue weighted by Gasteiger charge is -2.18. The van der Waals surface area contributed by atoms with E-state index in [0.29, 0.717) is 6.54 Å². The summed E-state index contributed by atoms with van der Waals surface area (Å²) in [6, 6.07) is 21.2. The lowest BCUT2D eigenvalue weighted by molar-refractivity contribution is -0.706. The van der Waals surface area contributed by atoms with E-state index in [0.717, 1.165) is 22.6 Å². The Balaban J connectivity index is 1.62. The fraction of sp³-hybridized carbons (Fsp3) is 0.227. The number of quaternary nitrogens is 1. The number of methoxy groups -OCH3 is 1. The highest BCUT2D eigenvalue weighted by Crippen LogP contribution is 2.18. The average Bonchev–Trinajstić information content (AvgIpc) is 3.25. The van der Waals surface area contributed by atoms with Gasteiger partial charge in [-0.1, -0.05) is 42.5 Å². The van der Waals surface area contributed by atoms with Crippen LogP contribution in [0.15, 0.2) is 77.4 Å². The molecule has 140 valence electrons. The molecule has 1 heterocycles. The van der Waals surface area contributed by atoms with Gasteiger partial charge in [0.15, 0.2) is 17.8 Å². The van der Waals surface area contributed by atoms with E-state index >= 15 is 0 Å². The Morgan fingerprint density at radius 3 is 2.44 bits per heavy atom. The van der Waals surface area contributed by atoms with E-state index in [4.69, 9.17) is 9.15 Å². The van der Waals surface area contributed by atoms with Crippen LogP contribution < -0.4 is 15.4 Å². The number of carbonyl (C=O) groups excluding carboxylic acids is 1. The first kappa shape index (κ1) is 18.7. The second-order valence-electron chi connectivity index (χ2n) is 6.45. The number of amides is 1. The molecule has 0 aliphatic rings. The minimum atomic E-state index is -0.265. The molecule has 3 N–H and O–H groups in total. The molecule has 0 bridgehead atoms. The van der Waals surface area contributed by atoms with Gasteiger partial charge in [-0.05, 0) is 36.8 Å². The SMILES string of the molecule is COc1ccc(CNC(=O)[C@@H](C)[NH2+][C@H](c2ccccc2)c2ccco2)cc1. The van der Waals surface area contributed by atoms with Gasteiger partial charge in [0.05, 0.1) is 13.4 Å². The van der Waals surface area contributed by atoms with E-state index in [2.05, 4.69) is 5.32 Å². The fourth-order valence-corrected chi connectivity index (χ4v) is 2.97. The van der Waals surface area contributed by atoms with Crippen LogP contribution in [0.1, 0.15) is 29.9 Å². The number of nitrogens with one attached hydrogen (secondary N) is 1. The molecule has 2 atom stereocenters. The number of benzene rings is 2. The van der Waals surface area contributed by atoms with Crippen LogP contribution in [-0.4, -0.2) is 19.1 Å². The predicted molar refractivity (Wildman–Crippen MR) is 103 cm³/mol. The number of hydrogen-bond donors (Lipinski definition) is 2. The zero-order chi connectivity index (χ0) is 19.1. The van der Waals surface area contributed by atoms with Gasteiger partial charge in [0.25, 0.3) is 5.91 Å². The van der Waals surface area contributed by atoms with Crippen molar-refractivity contribution < 1.29 is 19.3 Å². The molecular formula is C22H25N2O3+. The summed E-state index contributed by atoms with van der Waals surface area (Å²) in [4.78, 5) is 12.6. The summed E-state index contributed by atoms with van der Waals surface area (Å²) >= 11 is 0. The summed E-state index contributed by atoms with van der Waals surface area (Å²) in [5.74, 6) is 1.62. The number of nitrogens with two attached hydrogens (primary N) is 1. The van der Waals surface area contributed by atoms with E-state index in [-0.39, 0.29) is 18.0 Å². The van der Waals surface area contributed by atoms with Gasteiger partial charge in [-0.2, -0.15) is 0 Å². The monoisotopic (exact) mass is 365 g/mol. The van der Waals surface area contributed by atoms with Crippen molar-refractivity contribution in [3.05, 3.63) is 89.9 Å². The van der Waals surface area contributed by atoms with Crippen LogP contribution in [0.4, 0.5) is 0 Å². The maximum absolute atomic E-state index is 12.6. The second kappa shape index (κ2) is 9.05. The van der Waals surface area contributed by atoms with Gasteiger partial charge in [-0.3, -0.25) is 4.79 Å². The molecule has 5 heteroatoms. The molecule has 0 radical (unpaired) electrons. The smallest absolute Gasteiger partial charge is 0.278 e. The summed E-state index contributed by atoms with van der Waals surface area (Å²) in [6.07, 6.45) is 1.66. The molecular weight excluding hydrogens is 340 g/mol. The molecule has 0 saturated carbocycles. The van der Waals surface area contributed by atoms with Crippen molar-refractivity contribution in [2.24, 2.45) is 0 Å². The number of ether oxygens (including phenoxy) is 1. The van der Waals surface area contributed by atoms with Gasteiger partial charge in [-0.15, -0.1) is 0 Å². The minimum Gasteiger partial charge on any atom is -0.497 e. The summed E-state index contributed by atoms with van der Waals surface area (Å²) in [5.41, 5.74) is 2.13. The molecule has 3 rings (SSSR count). The van der Waals surface area contributed by atoms with Crippen LogP contribution in [0.3, 0.4) is 0 Å². The molecule has 1 amide bonds. The van der Waals surface area contributed by atoms with Crippen molar-refractivity contribution in [2.45, 2.75) is 25.6 Å². The van der Waals surface area contributed by atoms with E-state index < -0.39 is 0 Å². The fourth-order valence-electron chi connectivity index (χ4n) is 2.97. The lowest BCUT2D eigenvalue weighted by Crippen LogP contribution is -2.92. The molecule has 2 aromatic carbocycles. The highest BCUT2D eigenvalue weighted by atomic mass is 16.5. The Kier molecular flexibility index (Phi) is 6.28. The molecule has 0 unspecified atom stereocenters. The van der Waals surface area contributed by atoms with Gasteiger partial charge < -0.3 is 19.8 Å². The Bertz CT molecular complexity index is 830. The van der Waals surface area contributed by atoms with E-state index in [1.54, 1.807) is 13.4 Å². The van der Waals surface area contributed by atoms with Gasteiger partial charge in [0.2, 0.25) is 0 Å². The van der Waals surface area contributed by atoms with Gasteiger partial charge >= 0.3 is 0 Å². The third-order valence-corrected chi connectivity index (χ3v) is 4.53. The third-order valence-electron chi connectivity index (χ3n) is 4.53. The molecule has 0 aliphatic carbocycles. The van der Waals surface area contributed by atoms with Crippen LogP contribution in [0.25, 0.3) is 0 Å². The highest BCUT2D eigenvalue weighted by molar-refractivity contribution is 5.79. The molecule has 0 saturated heterocycles. The van der Waals surface area contributed by atoms with Crippen LogP contribution in [0, 0.1) is 0 Å². The van der Waals surface area contributed by atoms with Crippen molar-refractivity contribution in [1.29, 1.82) is 0 Å². The van der Waals surface area contributed by atoms with Crippen LogP contribution in [-0.2, 0) is 11.3 Å². The first-order chi connectivity index (χ1) is 13.2. The molecule has 27 heavy (non-hydrogen) atoms. The Morgan fingerprint density at radius 2 is 1.81 bits per heavy atom. The van der Waals surface area contributed by atoms with Gasteiger partial charge in [0.1, 0.15) is 5.75 Å². The minimum absolute atomic E-state index is 0.0155. The zero-order valence-electron chi connectivity index (χ0n) is 15.6. The predicted octanol–water partition coefficient (Wildman–Crippen LogP) is 2.65. The standard InChI is InChI=1S/C22H24N2O3/c1-16(22(25)23-15-17-10-12-19(26-2)13-11-17)24-21(20-9-6-14-27-20)18-7-4-3-5-8-18/h3-14,16,21,24H,15H2,1-2H3,(H,23,25)/p+1/t16-,21-/m1/s1. The van der Waals surface area contributed by atoms with Crippen LogP contribution in [0.2, 0.25) is 0 Å².